The summed E-state index contributed by atoms with van der Waals surface area (Å²) in [7, 11) is 0. The first kappa shape index (κ1) is 6.90. The molecule has 2 aliphatic rings. The number of allylic oxidation sites excluding steroid dienone is 2. The maximum Gasteiger partial charge on any atom is 0.0123 e. The van der Waals surface area contributed by atoms with Gasteiger partial charge in [-0.3, -0.25) is 0 Å². The van der Waals surface area contributed by atoms with E-state index in [1.165, 1.54) is 32.1 Å². The summed E-state index contributed by atoms with van der Waals surface area (Å²) in [6.45, 7) is 0. The Bertz CT molecular complexity index is 344. The second kappa shape index (κ2) is 2.46. The molecular formula is C11H12S. The van der Waals surface area contributed by atoms with Crippen LogP contribution in [0.4, 0.5) is 0 Å². The Hall–Kier alpha value is -0.560. The first-order chi connectivity index (χ1) is 5.95. The third kappa shape index (κ3) is 0.831. The van der Waals surface area contributed by atoms with Gasteiger partial charge in [0.1, 0.15) is 0 Å². The Labute approximate surface area is 76.9 Å². The third-order valence-corrected chi connectivity index (χ3v) is 4.01. The average molecular weight is 176 g/mol. The summed E-state index contributed by atoms with van der Waals surface area (Å²) >= 11 is 1.98. The van der Waals surface area contributed by atoms with Crippen LogP contribution < -0.4 is 0 Å². The molecule has 2 aliphatic carbocycles. The molecule has 0 amide bonds. The molecule has 0 unspecified atom stereocenters. The molecule has 1 aromatic rings. The van der Waals surface area contributed by atoms with Gasteiger partial charge in [0.2, 0.25) is 0 Å². The zero-order valence-electron chi connectivity index (χ0n) is 7.10. The van der Waals surface area contributed by atoms with Gasteiger partial charge in [0.15, 0.2) is 0 Å². The smallest absolute Gasteiger partial charge is 0.0123 e. The highest BCUT2D eigenvalue weighted by Crippen LogP contribution is 2.40. The van der Waals surface area contributed by atoms with Gasteiger partial charge in [-0.2, -0.15) is 0 Å². The van der Waals surface area contributed by atoms with Crippen LogP contribution >= 0.6 is 11.3 Å². The minimum atomic E-state index is 1.28. The lowest BCUT2D eigenvalue weighted by Gasteiger charge is -2.20. The van der Waals surface area contributed by atoms with Gasteiger partial charge in [0.05, 0.1) is 0 Å². The molecule has 0 N–H and O–H groups in total. The largest absolute Gasteiger partial charge is 0.148 e. The summed E-state index contributed by atoms with van der Waals surface area (Å²) in [6.07, 6.45) is 9.05. The summed E-state index contributed by atoms with van der Waals surface area (Å²) in [4.78, 5) is 1.65. The maximum absolute atomic E-state index is 2.46. The summed E-state index contributed by atoms with van der Waals surface area (Å²) in [5, 5.41) is 2.38. The van der Waals surface area contributed by atoms with Crippen LogP contribution in [0.5, 0.6) is 0 Å². The first-order valence-electron chi connectivity index (χ1n) is 4.74. The molecule has 1 aromatic heterocycles. The summed E-state index contributed by atoms with van der Waals surface area (Å²) in [6, 6.07) is 0. The molecule has 0 nitrogen and oxygen atoms in total. The molecule has 0 fully saturated rings. The molecule has 1 heterocycles. The zero-order chi connectivity index (χ0) is 7.97. The van der Waals surface area contributed by atoms with Crippen LogP contribution in [0.25, 0.3) is 5.57 Å². The Morgan fingerprint density at radius 1 is 1.17 bits per heavy atom. The van der Waals surface area contributed by atoms with Crippen molar-refractivity contribution in [1.82, 2.24) is 0 Å². The quantitative estimate of drug-likeness (QED) is 0.568. The predicted molar refractivity (Wildman–Crippen MR) is 53.6 cm³/mol. The fourth-order valence-corrected chi connectivity index (χ4v) is 3.53. The van der Waals surface area contributed by atoms with Gasteiger partial charge in [-0.1, -0.05) is 6.08 Å². The van der Waals surface area contributed by atoms with Crippen molar-refractivity contribution in [3.8, 4) is 0 Å². The fourth-order valence-electron chi connectivity index (χ4n) is 2.36. The van der Waals surface area contributed by atoms with E-state index >= 15 is 0 Å². The molecule has 0 saturated heterocycles. The van der Waals surface area contributed by atoms with Crippen molar-refractivity contribution >= 4 is 16.9 Å². The Morgan fingerprint density at radius 3 is 3.17 bits per heavy atom. The lowest BCUT2D eigenvalue weighted by molar-refractivity contribution is 0.816. The fraction of sp³-hybridized carbons (Fsp3) is 0.455. The van der Waals surface area contributed by atoms with Crippen molar-refractivity contribution in [3.05, 3.63) is 27.5 Å². The molecule has 0 atom stereocenters. The van der Waals surface area contributed by atoms with E-state index in [0.717, 1.165) is 0 Å². The molecular weight excluding hydrogens is 164 g/mol. The molecule has 0 spiro atoms. The van der Waals surface area contributed by atoms with Crippen LogP contribution in [-0.2, 0) is 12.8 Å². The number of hydrogen-bond donors (Lipinski definition) is 0. The highest BCUT2D eigenvalue weighted by Gasteiger charge is 2.21. The topological polar surface area (TPSA) is 0 Å². The SMILES string of the molecule is C1=C2CCCc3scc(c32)CC1. The van der Waals surface area contributed by atoms with Crippen LogP contribution in [-0.4, -0.2) is 0 Å². The van der Waals surface area contributed by atoms with Crippen LogP contribution in [0.1, 0.15) is 35.3 Å². The number of aryl methyl sites for hydroxylation is 2. The minimum absolute atomic E-state index is 1.28. The van der Waals surface area contributed by atoms with Gasteiger partial charge in [0, 0.05) is 4.88 Å². The molecule has 62 valence electrons. The molecule has 3 rings (SSSR count). The number of rotatable bonds is 0. The monoisotopic (exact) mass is 176 g/mol. The van der Waals surface area contributed by atoms with Crippen molar-refractivity contribution < 1.29 is 0 Å². The number of hydrogen-bond acceptors (Lipinski definition) is 1. The Kier molecular flexibility index (Phi) is 1.42. The molecule has 0 radical (unpaired) electrons. The van der Waals surface area contributed by atoms with E-state index in [4.69, 9.17) is 0 Å². The van der Waals surface area contributed by atoms with Crippen LogP contribution in [0.2, 0.25) is 0 Å². The Balaban J connectivity index is 2.26. The van der Waals surface area contributed by atoms with E-state index in [2.05, 4.69) is 11.5 Å². The second-order valence-corrected chi connectivity index (χ2v) is 4.64. The lowest BCUT2D eigenvalue weighted by atomic mass is 9.85. The Morgan fingerprint density at radius 2 is 2.17 bits per heavy atom. The zero-order valence-corrected chi connectivity index (χ0v) is 7.91. The van der Waals surface area contributed by atoms with Gasteiger partial charge in [-0.05, 0) is 54.2 Å². The normalized spacial score (nSPS) is 20.2. The van der Waals surface area contributed by atoms with E-state index in [1.807, 2.05) is 11.3 Å². The van der Waals surface area contributed by atoms with Gasteiger partial charge in [0.25, 0.3) is 0 Å². The van der Waals surface area contributed by atoms with Gasteiger partial charge in [-0.15, -0.1) is 11.3 Å². The van der Waals surface area contributed by atoms with Crippen LogP contribution in [0, 0.1) is 0 Å². The maximum atomic E-state index is 2.46. The van der Waals surface area contributed by atoms with Crippen molar-refractivity contribution in [2.75, 3.05) is 0 Å². The van der Waals surface area contributed by atoms with Crippen LogP contribution in [0.15, 0.2) is 11.5 Å². The highest BCUT2D eigenvalue weighted by atomic mass is 32.1. The minimum Gasteiger partial charge on any atom is -0.148 e. The molecule has 0 aliphatic heterocycles. The van der Waals surface area contributed by atoms with Crippen molar-refractivity contribution in [1.29, 1.82) is 0 Å². The van der Waals surface area contributed by atoms with Gasteiger partial charge in [-0.25, -0.2) is 0 Å². The van der Waals surface area contributed by atoms with Gasteiger partial charge >= 0.3 is 0 Å². The number of thiophene rings is 1. The molecule has 0 saturated carbocycles. The van der Waals surface area contributed by atoms with E-state index < -0.39 is 0 Å². The van der Waals surface area contributed by atoms with E-state index in [-0.39, 0.29) is 0 Å². The van der Waals surface area contributed by atoms with Crippen molar-refractivity contribution in [2.45, 2.75) is 32.1 Å². The van der Waals surface area contributed by atoms with Gasteiger partial charge < -0.3 is 0 Å². The molecule has 0 bridgehead atoms. The molecule has 12 heavy (non-hydrogen) atoms. The van der Waals surface area contributed by atoms with E-state index in [0.29, 0.717) is 0 Å². The second-order valence-electron chi connectivity index (χ2n) is 3.68. The standard InChI is InChI=1S/C11H12S/c1-3-8-4-2-6-10-11(8)9(5-1)7-12-10/h3,7H,1-2,4-6H2. The first-order valence-corrected chi connectivity index (χ1v) is 5.62. The lowest BCUT2D eigenvalue weighted by Crippen LogP contribution is -2.04. The summed E-state index contributed by atoms with van der Waals surface area (Å²) in [5.74, 6) is 0. The van der Waals surface area contributed by atoms with Crippen LogP contribution in [0.3, 0.4) is 0 Å². The third-order valence-electron chi connectivity index (χ3n) is 2.92. The summed E-state index contributed by atoms with van der Waals surface area (Å²) in [5.41, 5.74) is 4.93. The summed E-state index contributed by atoms with van der Waals surface area (Å²) < 4.78 is 0. The highest BCUT2D eigenvalue weighted by molar-refractivity contribution is 7.10. The van der Waals surface area contributed by atoms with Crippen molar-refractivity contribution in [3.63, 3.8) is 0 Å². The molecule has 1 heteroatoms. The van der Waals surface area contributed by atoms with E-state index in [1.54, 1.807) is 21.6 Å². The van der Waals surface area contributed by atoms with E-state index in [9.17, 15) is 0 Å². The van der Waals surface area contributed by atoms with Crippen molar-refractivity contribution in [2.24, 2.45) is 0 Å². The predicted octanol–water partition coefficient (Wildman–Crippen LogP) is 3.41. The molecule has 0 aromatic carbocycles. The average Bonchev–Trinajstić information content (AvgIpc) is 2.52.